The van der Waals surface area contributed by atoms with E-state index in [0.29, 0.717) is 0 Å². The molecule has 1 amide bonds. The number of thioether (sulfide) groups is 1. The molecule has 0 aromatic carbocycles. The Balaban J connectivity index is 2.70. The zero-order chi connectivity index (χ0) is 6.15. The Bertz CT molecular complexity index is 130. The van der Waals surface area contributed by atoms with Gasteiger partial charge < -0.3 is 5.21 Å². The van der Waals surface area contributed by atoms with Crippen molar-refractivity contribution in [1.29, 1.82) is 0 Å². The van der Waals surface area contributed by atoms with Crippen molar-refractivity contribution in [2.45, 2.75) is 0 Å². The monoisotopic (exact) mass is 149 g/mol. The highest BCUT2D eigenvalue weighted by Gasteiger charge is 2.25. The lowest BCUT2D eigenvalue weighted by molar-refractivity contribution is -0.647. The normalized spacial score (nSPS) is 29.4. The molecule has 0 bridgehead atoms. The fourth-order valence-corrected chi connectivity index (χ4v) is 1.30. The molecule has 3 nitrogen and oxygen atoms in total. The quantitative estimate of drug-likeness (QED) is 0.352. The first-order valence-corrected chi connectivity index (χ1v) is 3.35. The molecule has 0 aromatic rings. The molecule has 1 rings (SSSR count). The summed E-state index contributed by atoms with van der Waals surface area (Å²) >= 11 is 5.66. The number of hydroxylamine groups is 2. The fourth-order valence-electron chi connectivity index (χ4n) is 0.376. The predicted octanol–water partition coefficient (Wildman–Crippen LogP) is -1.07. The Morgan fingerprint density at radius 1 is 1.88 bits per heavy atom. The average molecular weight is 149 g/mol. The van der Waals surface area contributed by atoms with Gasteiger partial charge in [0.1, 0.15) is 5.75 Å². The van der Waals surface area contributed by atoms with Crippen LogP contribution in [-0.2, 0) is 4.79 Å². The Kier molecular flexibility index (Phi) is 1.62. The van der Waals surface area contributed by atoms with Gasteiger partial charge in [0.2, 0.25) is 4.32 Å². The molecule has 1 unspecified atom stereocenters. The lowest BCUT2D eigenvalue weighted by atomic mass is 10.7. The number of amides is 1. The van der Waals surface area contributed by atoms with Crippen LogP contribution in [-0.4, -0.2) is 16.0 Å². The molecule has 1 aliphatic heterocycles. The molecule has 0 radical (unpaired) electrons. The highest BCUT2D eigenvalue weighted by Crippen LogP contribution is 2.02. The van der Waals surface area contributed by atoms with Gasteiger partial charge in [0.05, 0.1) is 0 Å². The molecule has 0 aliphatic carbocycles. The molecule has 0 aromatic heterocycles. The lowest BCUT2D eigenvalue weighted by Crippen LogP contribution is -3.09. The van der Waals surface area contributed by atoms with Gasteiger partial charge in [-0.3, -0.25) is 5.06 Å². The molecule has 1 atom stereocenters. The summed E-state index contributed by atoms with van der Waals surface area (Å²) in [6.07, 6.45) is 0. The molecule has 1 saturated heterocycles. The summed E-state index contributed by atoms with van der Waals surface area (Å²) in [6, 6.07) is 0. The maximum Gasteiger partial charge on any atom is 0.328 e. The van der Waals surface area contributed by atoms with Gasteiger partial charge in [-0.1, -0.05) is 0 Å². The summed E-state index contributed by atoms with van der Waals surface area (Å²) in [4.78, 5) is 10.3. The predicted molar refractivity (Wildman–Crippen MR) is 34.4 cm³/mol. The first-order chi connectivity index (χ1) is 3.72. The minimum absolute atomic E-state index is 0.218. The third-order valence-electron chi connectivity index (χ3n) is 0.773. The first kappa shape index (κ1) is 6.15. The first-order valence-electron chi connectivity index (χ1n) is 1.96. The Morgan fingerprint density at radius 3 is 2.62 bits per heavy atom. The number of nitrogens with one attached hydrogen (secondary N) is 1. The summed E-state index contributed by atoms with van der Waals surface area (Å²) in [7, 11) is 0. The Labute approximate surface area is 55.6 Å². The maximum absolute atomic E-state index is 10.4. The second-order valence-corrected chi connectivity index (χ2v) is 2.98. The van der Waals surface area contributed by atoms with Crippen molar-refractivity contribution in [2.75, 3.05) is 5.75 Å². The summed E-state index contributed by atoms with van der Waals surface area (Å²) in [6.45, 7) is 0. The molecule has 0 spiro atoms. The highest BCUT2D eigenvalue weighted by molar-refractivity contribution is 8.23. The minimum Gasteiger partial charge on any atom is -0.620 e. The van der Waals surface area contributed by atoms with E-state index in [0.717, 1.165) is 11.8 Å². The van der Waals surface area contributed by atoms with Crippen LogP contribution in [0.3, 0.4) is 0 Å². The summed E-state index contributed by atoms with van der Waals surface area (Å²) in [5, 5.41) is 9.91. The van der Waals surface area contributed by atoms with E-state index in [-0.39, 0.29) is 16.0 Å². The van der Waals surface area contributed by atoms with E-state index in [9.17, 15) is 10.0 Å². The van der Waals surface area contributed by atoms with Crippen LogP contribution in [0.2, 0.25) is 0 Å². The van der Waals surface area contributed by atoms with Gasteiger partial charge in [0.15, 0.2) is 0 Å². The molecule has 8 heavy (non-hydrogen) atoms. The minimum atomic E-state index is -0.481. The third kappa shape index (κ3) is 0.899. The molecular weight excluding hydrogens is 146 g/mol. The van der Waals surface area contributed by atoms with E-state index in [1.165, 1.54) is 0 Å². The standard InChI is InChI=1S/C3H3NO2S2/c5-2-1-8-3(7)4(2)6/h4H,1H2. The number of rotatable bonds is 0. The van der Waals surface area contributed by atoms with Gasteiger partial charge in [-0.25, -0.2) is 4.79 Å². The van der Waals surface area contributed by atoms with Gasteiger partial charge in [-0.05, 0) is 24.0 Å². The Hall–Kier alpha value is 0.0300. The SMILES string of the molecule is O=C1CSC(=S)[NH+]1[O-]. The maximum atomic E-state index is 10.4. The Morgan fingerprint density at radius 2 is 2.50 bits per heavy atom. The second kappa shape index (κ2) is 2.10. The number of hydrogen-bond donors (Lipinski definition) is 1. The molecular formula is C3H3NO2S2. The van der Waals surface area contributed by atoms with Gasteiger partial charge in [-0.15, -0.1) is 0 Å². The van der Waals surface area contributed by atoms with Crippen molar-refractivity contribution in [2.24, 2.45) is 0 Å². The van der Waals surface area contributed by atoms with Gasteiger partial charge in [-0.2, -0.15) is 0 Å². The van der Waals surface area contributed by atoms with Crippen molar-refractivity contribution >= 4 is 34.2 Å². The summed E-state index contributed by atoms with van der Waals surface area (Å²) in [5.41, 5.74) is 0. The van der Waals surface area contributed by atoms with Crippen LogP contribution in [0.4, 0.5) is 0 Å². The highest BCUT2D eigenvalue weighted by atomic mass is 32.2. The molecule has 5 heteroatoms. The lowest BCUT2D eigenvalue weighted by Gasteiger charge is -2.07. The molecule has 1 heterocycles. The van der Waals surface area contributed by atoms with Gasteiger partial charge in [0.25, 0.3) is 0 Å². The van der Waals surface area contributed by atoms with Crippen molar-refractivity contribution in [3.05, 3.63) is 5.21 Å². The zero-order valence-corrected chi connectivity index (χ0v) is 5.47. The number of carbonyl (C=O) groups is 1. The zero-order valence-electron chi connectivity index (χ0n) is 3.84. The number of thiocarbonyl (C=S) groups is 1. The van der Waals surface area contributed by atoms with Crippen LogP contribution in [0.1, 0.15) is 0 Å². The molecule has 1 fully saturated rings. The van der Waals surface area contributed by atoms with Crippen molar-refractivity contribution in [3.63, 3.8) is 0 Å². The van der Waals surface area contributed by atoms with Crippen LogP contribution >= 0.6 is 24.0 Å². The third-order valence-corrected chi connectivity index (χ3v) is 2.17. The van der Waals surface area contributed by atoms with Crippen LogP contribution in [0.15, 0.2) is 0 Å². The summed E-state index contributed by atoms with van der Waals surface area (Å²) < 4.78 is 0.218. The second-order valence-electron chi connectivity index (χ2n) is 1.33. The average Bonchev–Trinajstić information content (AvgIpc) is 1.98. The van der Waals surface area contributed by atoms with E-state index < -0.39 is 5.06 Å². The summed E-state index contributed by atoms with van der Waals surface area (Å²) in [5.74, 6) is -0.113. The molecule has 1 aliphatic rings. The smallest absolute Gasteiger partial charge is 0.328 e. The van der Waals surface area contributed by atoms with E-state index in [1.54, 1.807) is 0 Å². The van der Waals surface area contributed by atoms with E-state index in [4.69, 9.17) is 0 Å². The molecule has 1 N–H and O–H groups in total. The topological polar surface area (TPSA) is 44.6 Å². The fraction of sp³-hybridized carbons (Fsp3) is 0.333. The molecule has 0 saturated carbocycles. The van der Waals surface area contributed by atoms with Crippen molar-refractivity contribution in [3.8, 4) is 0 Å². The van der Waals surface area contributed by atoms with Crippen molar-refractivity contribution < 1.29 is 9.86 Å². The van der Waals surface area contributed by atoms with Crippen LogP contribution in [0, 0.1) is 5.21 Å². The number of hydrogen-bond acceptors (Lipinski definition) is 4. The van der Waals surface area contributed by atoms with Gasteiger partial charge >= 0.3 is 5.91 Å². The number of carbonyl (C=O) groups excluding carboxylic acids is 1. The van der Waals surface area contributed by atoms with E-state index >= 15 is 0 Å². The van der Waals surface area contributed by atoms with E-state index in [2.05, 4.69) is 12.2 Å². The van der Waals surface area contributed by atoms with Crippen LogP contribution in [0.25, 0.3) is 0 Å². The van der Waals surface area contributed by atoms with E-state index in [1.807, 2.05) is 0 Å². The molecule has 44 valence electrons. The van der Waals surface area contributed by atoms with Crippen molar-refractivity contribution in [1.82, 2.24) is 0 Å². The van der Waals surface area contributed by atoms with Gasteiger partial charge in [0, 0.05) is 0 Å². The number of quaternary nitrogens is 1. The van der Waals surface area contributed by atoms with Crippen LogP contribution < -0.4 is 5.06 Å². The largest absolute Gasteiger partial charge is 0.620 e. The van der Waals surface area contributed by atoms with Crippen LogP contribution in [0.5, 0.6) is 0 Å².